The number of hydrogen-bond donors (Lipinski definition) is 1. The third-order valence-corrected chi connectivity index (χ3v) is 6.41. The normalized spacial score (nSPS) is 30.9. The van der Waals surface area contributed by atoms with Crippen molar-refractivity contribution in [1.29, 1.82) is 0 Å². The zero-order valence-electron chi connectivity index (χ0n) is 15.5. The molecule has 1 saturated carbocycles. The molecular weight excluding hydrogens is 328 g/mol. The summed E-state index contributed by atoms with van der Waals surface area (Å²) in [5.41, 5.74) is -0.618. The molecule has 5 heteroatoms. The summed E-state index contributed by atoms with van der Waals surface area (Å²) < 4.78 is 5.42. The predicted molar refractivity (Wildman–Crippen MR) is 99.4 cm³/mol. The molecule has 4 rings (SSSR count). The Bertz CT molecular complexity index is 682. The van der Waals surface area contributed by atoms with Gasteiger partial charge in [-0.15, -0.1) is 0 Å². The summed E-state index contributed by atoms with van der Waals surface area (Å²) >= 11 is 0. The van der Waals surface area contributed by atoms with Crippen molar-refractivity contribution in [3.63, 3.8) is 0 Å². The molecular formula is C21H28N2O3. The number of nitrogens with one attached hydrogen (secondary N) is 1. The van der Waals surface area contributed by atoms with E-state index in [1.165, 1.54) is 12.8 Å². The second kappa shape index (κ2) is 7.03. The smallest absolute Gasteiger partial charge is 0.250 e. The Balaban J connectivity index is 1.73. The van der Waals surface area contributed by atoms with Crippen molar-refractivity contribution in [3.05, 3.63) is 29.8 Å². The van der Waals surface area contributed by atoms with E-state index in [0.717, 1.165) is 38.8 Å². The zero-order chi connectivity index (χ0) is 18.1. The first-order chi connectivity index (χ1) is 12.7. The molecule has 2 heterocycles. The van der Waals surface area contributed by atoms with Gasteiger partial charge in [0, 0.05) is 19.1 Å². The van der Waals surface area contributed by atoms with Gasteiger partial charge in [-0.05, 0) is 50.2 Å². The van der Waals surface area contributed by atoms with Gasteiger partial charge >= 0.3 is 0 Å². The van der Waals surface area contributed by atoms with Crippen molar-refractivity contribution >= 4 is 11.7 Å². The van der Waals surface area contributed by atoms with Crippen LogP contribution in [-0.2, 0) is 4.79 Å². The van der Waals surface area contributed by atoms with E-state index in [1.807, 2.05) is 17.0 Å². The first-order valence-electron chi connectivity index (χ1n) is 9.90. The standard InChI is InChI=1S/C21H28N2O3/c1-26-18-11-5-3-9-16(18)19(24)21(20(25)23-12-6-7-13-23)14-15-8-2-4-10-17(15)22-21/h3,5,9,11,15,17,22H,2,4,6-8,10,12-14H2,1H3/t15?,17?,21-/m0/s1. The Morgan fingerprint density at radius 3 is 2.58 bits per heavy atom. The molecule has 1 aliphatic carbocycles. The Kier molecular flexibility index (Phi) is 4.74. The highest BCUT2D eigenvalue weighted by atomic mass is 16.5. The van der Waals surface area contributed by atoms with Crippen LogP contribution in [0.25, 0.3) is 0 Å². The lowest BCUT2D eigenvalue weighted by Gasteiger charge is -2.32. The molecule has 26 heavy (non-hydrogen) atoms. The summed E-state index contributed by atoms with van der Waals surface area (Å²) in [5.74, 6) is 0.804. The molecule has 3 fully saturated rings. The number of carbonyl (C=O) groups excluding carboxylic acids is 2. The molecule has 2 saturated heterocycles. The number of fused-ring (bicyclic) bond motifs is 1. The van der Waals surface area contributed by atoms with Crippen LogP contribution in [-0.4, -0.2) is 48.4 Å². The van der Waals surface area contributed by atoms with E-state index in [2.05, 4.69) is 5.32 Å². The van der Waals surface area contributed by atoms with Crippen molar-refractivity contribution in [2.24, 2.45) is 5.92 Å². The topological polar surface area (TPSA) is 58.6 Å². The number of hydrogen-bond acceptors (Lipinski definition) is 4. The molecule has 2 unspecified atom stereocenters. The first-order valence-corrected chi connectivity index (χ1v) is 9.90. The number of likely N-dealkylation sites (tertiary alicyclic amines) is 1. The summed E-state index contributed by atoms with van der Waals surface area (Å²) in [4.78, 5) is 29.1. The number of methoxy groups -OCH3 is 1. The highest BCUT2D eigenvalue weighted by Crippen LogP contribution is 2.41. The van der Waals surface area contributed by atoms with Gasteiger partial charge in [-0.2, -0.15) is 0 Å². The van der Waals surface area contributed by atoms with Crippen molar-refractivity contribution in [3.8, 4) is 5.75 Å². The number of Topliss-reactive ketones (excluding diaryl/α,β-unsaturated/α-hetero) is 1. The van der Waals surface area contributed by atoms with Crippen LogP contribution < -0.4 is 10.1 Å². The van der Waals surface area contributed by atoms with Crippen LogP contribution in [0.1, 0.15) is 55.3 Å². The minimum absolute atomic E-state index is 0.0275. The summed E-state index contributed by atoms with van der Waals surface area (Å²) in [5, 5.41) is 3.54. The van der Waals surface area contributed by atoms with Gasteiger partial charge in [-0.3, -0.25) is 14.9 Å². The molecule has 1 N–H and O–H groups in total. The molecule has 1 aromatic carbocycles. The zero-order valence-corrected chi connectivity index (χ0v) is 15.5. The molecule has 0 spiro atoms. The van der Waals surface area contributed by atoms with E-state index in [0.29, 0.717) is 23.7 Å². The van der Waals surface area contributed by atoms with Crippen molar-refractivity contribution < 1.29 is 14.3 Å². The number of nitrogens with zero attached hydrogens (tertiary/aromatic N) is 1. The Hall–Kier alpha value is -1.88. The number of rotatable bonds is 4. The van der Waals surface area contributed by atoms with Crippen molar-refractivity contribution in [2.75, 3.05) is 20.2 Å². The van der Waals surface area contributed by atoms with Gasteiger partial charge in [0.2, 0.25) is 0 Å². The summed E-state index contributed by atoms with van der Waals surface area (Å²) in [7, 11) is 1.57. The minimum atomic E-state index is -1.13. The van der Waals surface area contributed by atoms with E-state index in [-0.39, 0.29) is 17.7 Å². The number of para-hydroxylation sites is 1. The fourth-order valence-electron chi connectivity index (χ4n) is 5.07. The molecule has 140 valence electrons. The lowest BCUT2D eigenvalue weighted by Crippen LogP contribution is -2.60. The average molecular weight is 356 g/mol. The van der Waals surface area contributed by atoms with E-state index >= 15 is 0 Å². The van der Waals surface area contributed by atoms with Crippen molar-refractivity contribution in [2.45, 2.75) is 56.5 Å². The number of amides is 1. The van der Waals surface area contributed by atoms with Crippen LogP contribution in [0.15, 0.2) is 24.3 Å². The maximum absolute atomic E-state index is 13.7. The average Bonchev–Trinajstić information content (AvgIpc) is 3.35. The second-order valence-corrected chi connectivity index (χ2v) is 7.93. The molecule has 1 amide bonds. The van der Waals surface area contributed by atoms with Crippen molar-refractivity contribution in [1.82, 2.24) is 10.2 Å². The van der Waals surface area contributed by atoms with Gasteiger partial charge in [0.1, 0.15) is 5.75 Å². The number of carbonyl (C=O) groups is 2. The van der Waals surface area contributed by atoms with Gasteiger partial charge < -0.3 is 9.64 Å². The Morgan fingerprint density at radius 2 is 1.85 bits per heavy atom. The quantitative estimate of drug-likeness (QED) is 0.666. The lowest BCUT2D eigenvalue weighted by molar-refractivity contribution is -0.135. The Morgan fingerprint density at radius 1 is 1.12 bits per heavy atom. The summed E-state index contributed by atoms with van der Waals surface area (Å²) in [6.07, 6.45) is 7.19. The van der Waals surface area contributed by atoms with Gasteiger partial charge in [-0.25, -0.2) is 0 Å². The van der Waals surface area contributed by atoms with Gasteiger partial charge in [0.15, 0.2) is 11.3 Å². The fraction of sp³-hybridized carbons (Fsp3) is 0.619. The second-order valence-electron chi connectivity index (χ2n) is 7.93. The third kappa shape index (κ3) is 2.82. The van der Waals surface area contributed by atoms with Gasteiger partial charge in [0.25, 0.3) is 5.91 Å². The van der Waals surface area contributed by atoms with Crippen LogP contribution in [0, 0.1) is 5.92 Å². The SMILES string of the molecule is COc1ccccc1C(=O)[C@]1(C(=O)N2CCCC2)CC2CCCCC2N1. The molecule has 0 aromatic heterocycles. The molecule has 3 atom stereocenters. The van der Waals surface area contributed by atoms with Crippen LogP contribution in [0.4, 0.5) is 0 Å². The van der Waals surface area contributed by atoms with Gasteiger partial charge in [-0.1, -0.05) is 25.0 Å². The van der Waals surface area contributed by atoms with E-state index < -0.39 is 5.54 Å². The molecule has 2 aliphatic heterocycles. The number of ether oxygens (including phenoxy) is 1. The fourth-order valence-corrected chi connectivity index (χ4v) is 5.07. The molecule has 3 aliphatic rings. The number of ketones is 1. The Labute approximate surface area is 155 Å². The van der Waals surface area contributed by atoms with E-state index in [9.17, 15) is 9.59 Å². The molecule has 5 nitrogen and oxygen atoms in total. The predicted octanol–water partition coefficient (Wildman–Crippen LogP) is 2.79. The first kappa shape index (κ1) is 17.5. The highest BCUT2D eigenvalue weighted by molar-refractivity contribution is 6.19. The number of benzene rings is 1. The van der Waals surface area contributed by atoms with Crippen LogP contribution in [0.5, 0.6) is 5.75 Å². The van der Waals surface area contributed by atoms with E-state index in [1.54, 1.807) is 19.2 Å². The largest absolute Gasteiger partial charge is 0.496 e. The van der Waals surface area contributed by atoms with Crippen LogP contribution in [0.2, 0.25) is 0 Å². The summed E-state index contributed by atoms with van der Waals surface area (Å²) in [6.45, 7) is 1.52. The monoisotopic (exact) mass is 356 g/mol. The van der Waals surface area contributed by atoms with Crippen LogP contribution in [0.3, 0.4) is 0 Å². The highest BCUT2D eigenvalue weighted by Gasteiger charge is 2.56. The third-order valence-electron chi connectivity index (χ3n) is 6.41. The molecule has 0 radical (unpaired) electrons. The molecule has 0 bridgehead atoms. The lowest BCUT2D eigenvalue weighted by atomic mass is 9.79. The maximum Gasteiger partial charge on any atom is 0.250 e. The van der Waals surface area contributed by atoms with Gasteiger partial charge in [0.05, 0.1) is 12.7 Å². The minimum Gasteiger partial charge on any atom is -0.496 e. The summed E-state index contributed by atoms with van der Waals surface area (Å²) in [6, 6.07) is 7.54. The molecule has 1 aromatic rings. The maximum atomic E-state index is 13.7. The van der Waals surface area contributed by atoms with Crippen LogP contribution >= 0.6 is 0 Å². The van der Waals surface area contributed by atoms with E-state index in [4.69, 9.17) is 4.74 Å².